The Kier molecular flexibility index (Phi) is 18.0. The van der Waals surface area contributed by atoms with Gasteiger partial charge in [-0.2, -0.15) is 0 Å². The molecule has 0 radical (unpaired) electrons. The Morgan fingerprint density at radius 3 is 1.15 bits per heavy atom. The molecule has 0 bridgehead atoms. The molecule has 0 heterocycles. The third kappa shape index (κ3) is 11.4. The Balaban J connectivity index is -0.000000384. The molecule has 4 nitrogen and oxygen atoms in total. The number of amides is 2. The van der Waals surface area contributed by atoms with E-state index in [1.807, 2.05) is 52.0 Å². The van der Waals surface area contributed by atoms with Crippen molar-refractivity contribution < 1.29 is 45.2 Å². The minimum absolute atomic E-state index is 0. The van der Waals surface area contributed by atoms with Gasteiger partial charge in [0.25, 0.3) is 0 Å². The minimum Gasteiger partial charge on any atom is -1.00 e. The zero-order valence-corrected chi connectivity index (χ0v) is 18.5. The van der Waals surface area contributed by atoms with Crippen molar-refractivity contribution in [2.75, 3.05) is 13.1 Å². The molecular weight excluding hydrogens is 429 g/mol. The molecule has 144 valence electrons. The van der Waals surface area contributed by atoms with Crippen molar-refractivity contribution in [1.29, 1.82) is 0 Å². The van der Waals surface area contributed by atoms with Crippen LogP contribution in [0.1, 0.15) is 45.7 Å². The number of benzene rings is 2. The van der Waals surface area contributed by atoms with E-state index in [0.29, 0.717) is 24.2 Å². The zero-order chi connectivity index (χ0) is 17.9. The topological polar surface area (TPSA) is 62.3 Å². The van der Waals surface area contributed by atoms with E-state index in [-0.39, 0.29) is 47.4 Å². The van der Waals surface area contributed by atoms with Crippen LogP contribution in [0.4, 0.5) is 0 Å². The maximum absolute atomic E-state index is 11.2. The Bertz CT molecular complexity index is 603. The molecular formula is C20H24F2N2O2Zr. The third-order valence-electron chi connectivity index (χ3n) is 3.20. The number of hydrogen-bond acceptors (Lipinski definition) is 2. The molecule has 27 heavy (non-hydrogen) atoms. The smallest absolute Gasteiger partial charge is 1.00 e. The van der Waals surface area contributed by atoms with Crippen molar-refractivity contribution in [2.45, 2.75) is 27.7 Å². The van der Waals surface area contributed by atoms with Gasteiger partial charge in [-0.25, -0.2) is 0 Å². The zero-order valence-electron chi connectivity index (χ0n) is 16.0. The summed E-state index contributed by atoms with van der Waals surface area (Å²) in [6, 6.07) is 14.9. The number of halogens is 2. The Morgan fingerprint density at radius 2 is 0.926 bits per heavy atom. The SMILES string of the molecule is CC[N-]C(=O)c1ccc(C)cc1.CC[N-]C(=O)c1ccc(C)cc1.[F-].[F-].[Zr+4]. The number of aryl methyl sites for hydroxylation is 2. The summed E-state index contributed by atoms with van der Waals surface area (Å²) < 4.78 is 0. The maximum Gasteiger partial charge on any atom is 4.00 e. The van der Waals surface area contributed by atoms with Gasteiger partial charge >= 0.3 is 26.2 Å². The quantitative estimate of drug-likeness (QED) is 0.600. The van der Waals surface area contributed by atoms with Gasteiger partial charge in [-0.05, 0) is 25.0 Å². The molecule has 0 spiro atoms. The van der Waals surface area contributed by atoms with Crippen molar-refractivity contribution in [3.8, 4) is 0 Å². The average molecular weight is 454 g/mol. The van der Waals surface area contributed by atoms with E-state index in [4.69, 9.17) is 0 Å². The molecule has 7 heteroatoms. The monoisotopic (exact) mass is 452 g/mol. The van der Waals surface area contributed by atoms with Crippen LogP contribution in [-0.2, 0) is 26.2 Å². The summed E-state index contributed by atoms with van der Waals surface area (Å²) in [5.74, 6) is -0.255. The fourth-order valence-corrected chi connectivity index (χ4v) is 1.86. The second-order valence-corrected chi connectivity index (χ2v) is 5.29. The van der Waals surface area contributed by atoms with Gasteiger partial charge in [0, 0.05) is 0 Å². The molecule has 0 unspecified atom stereocenters. The van der Waals surface area contributed by atoms with Gasteiger partial charge in [0.1, 0.15) is 0 Å². The summed E-state index contributed by atoms with van der Waals surface area (Å²) in [4.78, 5) is 22.4. The molecule has 0 N–H and O–H groups in total. The largest absolute Gasteiger partial charge is 4.00 e. The summed E-state index contributed by atoms with van der Waals surface area (Å²) >= 11 is 0. The number of rotatable bonds is 4. The van der Waals surface area contributed by atoms with Crippen LogP contribution in [0.15, 0.2) is 48.5 Å². The van der Waals surface area contributed by atoms with Crippen molar-refractivity contribution in [1.82, 2.24) is 0 Å². The summed E-state index contributed by atoms with van der Waals surface area (Å²) in [5, 5.41) is 7.57. The standard InChI is InChI=1S/2C10H13NO.2FH.Zr/c2*1-3-11-10(12)9-6-4-8(2)5-7-9;;;/h2*4-7H,3H2,1-2H3,(H,11,12);2*1H;/q;;;;+4/p-4. The maximum atomic E-state index is 11.2. The average Bonchev–Trinajstić information content (AvgIpc) is 2.57. The molecule has 0 fully saturated rings. The summed E-state index contributed by atoms with van der Waals surface area (Å²) in [6.07, 6.45) is 0. The third-order valence-corrected chi connectivity index (χ3v) is 3.20. The molecule has 0 aliphatic heterocycles. The van der Waals surface area contributed by atoms with E-state index >= 15 is 0 Å². The number of nitrogens with zero attached hydrogens (tertiary/aromatic N) is 2. The van der Waals surface area contributed by atoms with Crippen molar-refractivity contribution >= 4 is 11.8 Å². The molecule has 0 atom stereocenters. The second-order valence-electron chi connectivity index (χ2n) is 5.29. The Morgan fingerprint density at radius 1 is 0.667 bits per heavy atom. The van der Waals surface area contributed by atoms with Crippen LogP contribution >= 0.6 is 0 Å². The molecule has 2 aromatic rings. The van der Waals surface area contributed by atoms with Crippen LogP contribution in [0.5, 0.6) is 0 Å². The van der Waals surface area contributed by atoms with Crippen LogP contribution in [0.3, 0.4) is 0 Å². The van der Waals surface area contributed by atoms with Crippen LogP contribution in [0.2, 0.25) is 0 Å². The molecule has 0 aromatic heterocycles. The van der Waals surface area contributed by atoms with Gasteiger partial charge in [0.2, 0.25) is 0 Å². The molecule has 0 saturated heterocycles. The first-order valence-corrected chi connectivity index (χ1v) is 8.04. The van der Waals surface area contributed by atoms with E-state index in [1.54, 1.807) is 24.3 Å². The van der Waals surface area contributed by atoms with E-state index in [0.717, 1.165) is 11.1 Å². The van der Waals surface area contributed by atoms with Crippen molar-refractivity contribution in [2.24, 2.45) is 0 Å². The van der Waals surface area contributed by atoms with Gasteiger partial charge in [-0.3, -0.25) is 0 Å². The fourth-order valence-electron chi connectivity index (χ4n) is 1.86. The van der Waals surface area contributed by atoms with E-state index in [2.05, 4.69) is 10.6 Å². The first-order chi connectivity index (χ1) is 11.5. The number of carbonyl (C=O) groups excluding carboxylic acids is 2. The Labute approximate surface area is 179 Å². The fraction of sp³-hybridized carbons (Fsp3) is 0.300. The van der Waals surface area contributed by atoms with Crippen LogP contribution < -0.4 is 9.41 Å². The molecule has 2 aromatic carbocycles. The van der Waals surface area contributed by atoms with Gasteiger partial charge in [0.05, 0.1) is 11.8 Å². The summed E-state index contributed by atoms with van der Waals surface area (Å²) in [6.45, 7) is 8.79. The molecule has 2 rings (SSSR count). The van der Waals surface area contributed by atoms with Crippen LogP contribution in [-0.4, -0.2) is 24.9 Å². The van der Waals surface area contributed by atoms with E-state index < -0.39 is 0 Å². The number of carbonyl (C=O) groups is 2. The second kappa shape index (κ2) is 16.3. The van der Waals surface area contributed by atoms with Gasteiger partial charge in [0.15, 0.2) is 0 Å². The molecule has 0 saturated carbocycles. The summed E-state index contributed by atoms with van der Waals surface area (Å²) in [5.41, 5.74) is 3.65. The van der Waals surface area contributed by atoms with Crippen molar-refractivity contribution in [3.63, 3.8) is 0 Å². The summed E-state index contributed by atoms with van der Waals surface area (Å²) in [7, 11) is 0. The number of hydrogen-bond donors (Lipinski definition) is 0. The predicted octanol–water partition coefficient (Wildman–Crippen LogP) is -0.937. The molecule has 0 aliphatic rings. The first kappa shape index (κ1) is 29.9. The van der Waals surface area contributed by atoms with Gasteiger partial charge in [-0.15, -0.1) is 13.1 Å². The molecule has 0 aliphatic carbocycles. The van der Waals surface area contributed by atoms with Crippen LogP contribution in [0, 0.1) is 13.8 Å². The normalized spacial score (nSPS) is 8.44. The van der Waals surface area contributed by atoms with Gasteiger partial charge in [-0.1, -0.05) is 73.5 Å². The Hall–Kier alpha value is -1.88. The first-order valence-electron chi connectivity index (χ1n) is 8.04. The molecule has 2 amide bonds. The van der Waals surface area contributed by atoms with E-state index in [9.17, 15) is 9.59 Å². The van der Waals surface area contributed by atoms with E-state index in [1.165, 1.54) is 0 Å². The van der Waals surface area contributed by atoms with Gasteiger partial charge < -0.3 is 29.6 Å². The van der Waals surface area contributed by atoms with Crippen LogP contribution in [0.25, 0.3) is 10.6 Å². The predicted molar refractivity (Wildman–Crippen MR) is 98.8 cm³/mol. The minimum atomic E-state index is -0.127. The van der Waals surface area contributed by atoms with Crippen molar-refractivity contribution in [3.05, 3.63) is 81.4 Å².